The number of alkyl halides is 1. The van der Waals surface area contributed by atoms with E-state index >= 15 is 0 Å². The lowest BCUT2D eigenvalue weighted by molar-refractivity contribution is -0.117. The van der Waals surface area contributed by atoms with Gasteiger partial charge in [-0.1, -0.05) is 15.9 Å². The van der Waals surface area contributed by atoms with Gasteiger partial charge in [-0.2, -0.15) is 0 Å². The molecule has 1 aliphatic rings. The second-order valence-corrected chi connectivity index (χ2v) is 4.89. The molecule has 1 heterocycles. The molecule has 1 fully saturated rings. The molecule has 0 aromatic heterocycles. The zero-order chi connectivity index (χ0) is 10.4. The van der Waals surface area contributed by atoms with Crippen LogP contribution in [0.4, 0.5) is 0 Å². The zero-order valence-electron chi connectivity index (χ0n) is 8.97. The van der Waals surface area contributed by atoms with Crippen LogP contribution < -0.4 is 0 Å². The fourth-order valence-corrected chi connectivity index (χ4v) is 2.56. The lowest BCUT2D eigenvalue weighted by Gasteiger charge is -2.30. The smallest absolute Gasteiger partial charge is 0.129 e. The molecule has 0 bridgehead atoms. The Kier molecular flexibility index (Phi) is 5.71. The minimum absolute atomic E-state index is 0.320. The van der Waals surface area contributed by atoms with E-state index in [1.54, 1.807) is 6.92 Å². The quantitative estimate of drug-likeness (QED) is 0.709. The third kappa shape index (κ3) is 4.56. The monoisotopic (exact) mass is 261 g/mol. The third-order valence-electron chi connectivity index (χ3n) is 2.93. The molecular formula is C11H20BrNO. The fourth-order valence-electron chi connectivity index (χ4n) is 1.92. The fraction of sp³-hybridized carbons (Fsp3) is 0.909. The number of hydrogen-bond donors (Lipinski definition) is 0. The van der Waals surface area contributed by atoms with Crippen LogP contribution in [0, 0.1) is 5.92 Å². The maximum absolute atomic E-state index is 10.8. The summed E-state index contributed by atoms with van der Waals surface area (Å²) in [6, 6.07) is 0. The van der Waals surface area contributed by atoms with Gasteiger partial charge < -0.3 is 9.69 Å². The van der Waals surface area contributed by atoms with Crippen molar-refractivity contribution in [2.24, 2.45) is 5.92 Å². The molecule has 1 saturated heterocycles. The maximum atomic E-state index is 10.8. The number of nitrogens with zero attached hydrogens (tertiary/aromatic N) is 1. The van der Waals surface area contributed by atoms with Crippen molar-refractivity contribution in [1.82, 2.24) is 4.90 Å². The Morgan fingerprint density at radius 1 is 1.43 bits per heavy atom. The summed E-state index contributed by atoms with van der Waals surface area (Å²) >= 11 is 3.54. The van der Waals surface area contributed by atoms with Crippen molar-refractivity contribution in [3.05, 3.63) is 0 Å². The lowest BCUT2D eigenvalue weighted by atomic mass is 9.99. The van der Waals surface area contributed by atoms with Crippen molar-refractivity contribution in [2.45, 2.75) is 32.6 Å². The van der Waals surface area contributed by atoms with Crippen LogP contribution >= 0.6 is 15.9 Å². The molecule has 0 unspecified atom stereocenters. The Morgan fingerprint density at radius 3 is 2.57 bits per heavy atom. The molecule has 0 spiro atoms. The predicted octanol–water partition coefficient (Wildman–Crippen LogP) is 2.46. The predicted molar refractivity (Wildman–Crippen MR) is 62.9 cm³/mol. The van der Waals surface area contributed by atoms with Crippen LogP contribution in [0.2, 0.25) is 0 Å². The van der Waals surface area contributed by atoms with E-state index in [0.717, 1.165) is 30.6 Å². The molecule has 2 nitrogen and oxygen atoms in total. The van der Waals surface area contributed by atoms with Crippen LogP contribution in [-0.4, -0.2) is 35.6 Å². The van der Waals surface area contributed by atoms with Gasteiger partial charge in [-0.3, -0.25) is 0 Å². The molecule has 82 valence electrons. The first kappa shape index (κ1) is 12.2. The Bertz CT molecular complexity index is 176. The van der Waals surface area contributed by atoms with E-state index < -0.39 is 0 Å². The molecule has 0 amide bonds. The Hall–Kier alpha value is 0.110. The van der Waals surface area contributed by atoms with Crippen LogP contribution in [0.5, 0.6) is 0 Å². The molecule has 0 radical (unpaired) electrons. The Morgan fingerprint density at radius 2 is 2.07 bits per heavy atom. The standard InChI is InChI=1S/C11H20BrNO/c1-10(14)3-2-6-13-7-4-11(9-12)5-8-13/h11H,2-9H2,1H3. The SMILES string of the molecule is CC(=O)CCCN1CCC(CBr)CC1. The highest BCUT2D eigenvalue weighted by molar-refractivity contribution is 9.09. The zero-order valence-corrected chi connectivity index (χ0v) is 10.6. The first-order valence-corrected chi connectivity index (χ1v) is 6.62. The molecule has 0 atom stereocenters. The lowest BCUT2D eigenvalue weighted by Crippen LogP contribution is -2.34. The molecule has 0 aromatic carbocycles. The van der Waals surface area contributed by atoms with Gasteiger partial charge in [0.2, 0.25) is 0 Å². The van der Waals surface area contributed by atoms with Gasteiger partial charge in [-0.15, -0.1) is 0 Å². The van der Waals surface area contributed by atoms with E-state index in [1.807, 2.05) is 0 Å². The van der Waals surface area contributed by atoms with E-state index in [4.69, 9.17) is 0 Å². The third-order valence-corrected chi connectivity index (χ3v) is 3.84. The molecule has 1 aliphatic heterocycles. The largest absolute Gasteiger partial charge is 0.303 e. The van der Waals surface area contributed by atoms with E-state index in [2.05, 4.69) is 20.8 Å². The van der Waals surface area contributed by atoms with E-state index in [1.165, 1.54) is 25.9 Å². The molecule has 0 saturated carbocycles. The first-order valence-electron chi connectivity index (χ1n) is 5.50. The van der Waals surface area contributed by atoms with Gasteiger partial charge in [0.25, 0.3) is 0 Å². The van der Waals surface area contributed by atoms with Gasteiger partial charge in [0, 0.05) is 11.8 Å². The maximum Gasteiger partial charge on any atom is 0.129 e. The van der Waals surface area contributed by atoms with Crippen LogP contribution in [0.15, 0.2) is 0 Å². The Labute approximate surface area is 95.2 Å². The normalized spacial score (nSPS) is 19.9. The average molecular weight is 262 g/mol. The van der Waals surface area contributed by atoms with Crippen LogP contribution in [0.25, 0.3) is 0 Å². The first-order chi connectivity index (χ1) is 6.72. The highest BCUT2D eigenvalue weighted by atomic mass is 79.9. The van der Waals surface area contributed by atoms with Crippen LogP contribution in [-0.2, 0) is 4.79 Å². The second-order valence-electron chi connectivity index (χ2n) is 4.24. The van der Waals surface area contributed by atoms with Crippen molar-refractivity contribution in [3.63, 3.8) is 0 Å². The summed E-state index contributed by atoms with van der Waals surface area (Å²) in [7, 11) is 0. The number of rotatable bonds is 5. The van der Waals surface area contributed by atoms with Gasteiger partial charge >= 0.3 is 0 Å². The summed E-state index contributed by atoms with van der Waals surface area (Å²) in [6.45, 7) is 5.22. The number of halogens is 1. The summed E-state index contributed by atoms with van der Waals surface area (Å²) in [6.07, 6.45) is 4.41. The summed E-state index contributed by atoms with van der Waals surface area (Å²) < 4.78 is 0. The van der Waals surface area contributed by atoms with Crippen molar-refractivity contribution in [1.29, 1.82) is 0 Å². The average Bonchev–Trinajstić information content (AvgIpc) is 2.18. The number of likely N-dealkylation sites (tertiary alicyclic amines) is 1. The molecule has 1 rings (SSSR count). The van der Waals surface area contributed by atoms with Gasteiger partial charge in [0.15, 0.2) is 0 Å². The summed E-state index contributed by atoms with van der Waals surface area (Å²) in [5.74, 6) is 1.19. The number of Topliss-reactive ketones (excluding diaryl/α,β-unsaturated/α-hetero) is 1. The van der Waals surface area contributed by atoms with Gasteiger partial charge in [-0.05, 0) is 51.7 Å². The minimum atomic E-state index is 0.320. The number of carbonyl (C=O) groups excluding carboxylic acids is 1. The van der Waals surface area contributed by atoms with Crippen molar-refractivity contribution >= 4 is 21.7 Å². The highest BCUT2D eigenvalue weighted by Crippen LogP contribution is 2.19. The molecule has 0 aliphatic carbocycles. The number of carbonyl (C=O) groups is 1. The number of piperidine rings is 1. The molecule has 3 heteroatoms. The van der Waals surface area contributed by atoms with Gasteiger partial charge in [-0.25, -0.2) is 0 Å². The number of hydrogen-bond acceptors (Lipinski definition) is 2. The summed E-state index contributed by atoms with van der Waals surface area (Å²) in [5, 5.41) is 1.15. The van der Waals surface area contributed by atoms with E-state index in [-0.39, 0.29) is 0 Å². The van der Waals surface area contributed by atoms with Crippen molar-refractivity contribution in [2.75, 3.05) is 25.0 Å². The van der Waals surface area contributed by atoms with E-state index in [0.29, 0.717) is 5.78 Å². The molecule has 0 N–H and O–H groups in total. The van der Waals surface area contributed by atoms with Crippen LogP contribution in [0.1, 0.15) is 32.6 Å². The van der Waals surface area contributed by atoms with Crippen molar-refractivity contribution < 1.29 is 4.79 Å². The summed E-state index contributed by atoms with van der Waals surface area (Å²) in [4.78, 5) is 13.2. The molecule has 14 heavy (non-hydrogen) atoms. The Balaban J connectivity index is 2.07. The topological polar surface area (TPSA) is 20.3 Å². The number of ketones is 1. The second kappa shape index (κ2) is 6.57. The van der Waals surface area contributed by atoms with Crippen LogP contribution in [0.3, 0.4) is 0 Å². The van der Waals surface area contributed by atoms with Gasteiger partial charge in [0.05, 0.1) is 0 Å². The molecular weight excluding hydrogens is 242 g/mol. The highest BCUT2D eigenvalue weighted by Gasteiger charge is 2.17. The van der Waals surface area contributed by atoms with Crippen molar-refractivity contribution in [3.8, 4) is 0 Å². The van der Waals surface area contributed by atoms with E-state index in [9.17, 15) is 4.79 Å². The summed E-state index contributed by atoms with van der Waals surface area (Å²) in [5.41, 5.74) is 0. The molecule has 0 aromatic rings. The van der Waals surface area contributed by atoms with Gasteiger partial charge in [0.1, 0.15) is 5.78 Å². The minimum Gasteiger partial charge on any atom is -0.303 e.